The van der Waals surface area contributed by atoms with Gasteiger partial charge in [0.25, 0.3) is 0 Å². The molecule has 1 rings (SSSR count). The number of thioether (sulfide) groups is 1. The molecule has 0 aliphatic heterocycles. The molecule has 3 nitrogen and oxygen atoms in total. The summed E-state index contributed by atoms with van der Waals surface area (Å²) in [6.07, 6.45) is 5.35. The van der Waals surface area contributed by atoms with Gasteiger partial charge in [-0.25, -0.2) is 0 Å². The highest BCUT2D eigenvalue weighted by molar-refractivity contribution is 7.99. The molecule has 1 atom stereocenters. The molecule has 0 aromatic carbocycles. The first-order valence-electron chi connectivity index (χ1n) is 4.94. The summed E-state index contributed by atoms with van der Waals surface area (Å²) >= 11 is 1.92. The zero-order chi connectivity index (χ0) is 10.4. The van der Waals surface area contributed by atoms with Gasteiger partial charge in [0.15, 0.2) is 0 Å². The largest absolute Gasteiger partial charge is 0.311 e. The van der Waals surface area contributed by atoms with E-state index in [4.69, 9.17) is 0 Å². The van der Waals surface area contributed by atoms with Crippen LogP contribution in [0.15, 0.2) is 12.3 Å². The Balaban J connectivity index is 2.10. The zero-order valence-corrected chi connectivity index (χ0v) is 9.97. The highest BCUT2D eigenvalue weighted by atomic mass is 32.2. The lowest BCUT2D eigenvalue weighted by atomic mass is 10.3. The van der Waals surface area contributed by atoms with E-state index in [0.29, 0.717) is 0 Å². The van der Waals surface area contributed by atoms with E-state index in [-0.39, 0.29) is 0 Å². The smallest absolute Gasteiger partial charge is 0.0762 e. The summed E-state index contributed by atoms with van der Waals surface area (Å²) in [5.74, 6) is 0. The van der Waals surface area contributed by atoms with Gasteiger partial charge in [-0.3, -0.25) is 4.68 Å². The van der Waals surface area contributed by atoms with Crippen molar-refractivity contribution < 1.29 is 0 Å². The summed E-state index contributed by atoms with van der Waals surface area (Å²) in [6.45, 7) is 4.20. The quantitative estimate of drug-likeness (QED) is 0.729. The number of hydrogen-bond donors (Lipinski definition) is 1. The minimum atomic E-state index is 0.742. The lowest BCUT2D eigenvalue weighted by Gasteiger charge is -2.07. The molecule has 0 spiro atoms. The normalized spacial score (nSPS) is 13.1. The summed E-state index contributed by atoms with van der Waals surface area (Å²) in [7, 11) is 1.94. The third-order valence-corrected chi connectivity index (χ3v) is 3.25. The first-order valence-corrected chi connectivity index (χ1v) is 6.23. The molecule has 1 unspecified atom stereocenters. The lowest BCUT2D eigenvalue weighted by molar-refractivity contribution is 0.627. The highest BCUT2D eigenvalue weighted by Gasteiger charge is 1.99. The van der Waals surface area contributed by atoms with E-state index in [1.54, 1.807) is 0 Å². The van der Waals surface area contributed by atoms with Crippen LogP contribution in [-0.2, 0) is 13.6 Å². The fraction of sp³-hybridized carbons (Fsp3) is 0.700. The van der Waals surface area contributed by atoms with Gasteiger partial charge in [0.2, 0.25) is 0 Å². The van der Waals surface area contributed by atoms with Crippen molar-refractivity contribution in [3.8, 4) is 0 Å². The number of aromatic nitrogens is 2. The zero-order valence-electron chi connectivity index (χ0n) is 9.16. The summed E-state index contributed by atoms with van der Waals surface area (Å²) in [5.41, 5.74) is 1.12. The molecule has 1 N–H and O–H groups in total. The van der Waals surface area contributed by atoms with Crippen LogP contribution in [0, 0.1) is 0 Å². The molecule has 14 heavy (non-hydrogen) atoms. The molecule has 0 bridgehead atoms. The number of hydrogen-bond acceptors (Lipinski definition) is 3. The Bertz CT molecular complexity index is 260. The molecule has 0 radical (unpaired) electrons. The van der Waals surface area contributed by atoms with E-state index in [9.17, 15) is 0 Å². The molecule has 0 saturated heterocycles. The van der Waals surface area contributed by atoms with Crippen molar-refractivity contribution in [2.45, 2.75) is 25.1 Å². The first kappa shape index (κ1) is 11.6. The van der Waals surface area contributed by atoms with Gasteiger partial charge in [-0.1, -0.05) is 6.92 Å². The molecule has 1 aromatic heterocycles. The Hall–Kier alpha value is -0.480. The van der Waals surface area contributed by atoms with Gasteiger partial charge in [0, 0.05) is 25.0 Å². The number of nitrogens with one attached hydrogen (secondary N) is 1. The predicted octanol–water partition coefficient (Wildman–Crippen LogP) is 1.65. The number of rotatable bonds is 6. The predicted molar refractivity (Wildman–Crippen MR) is 62.5 cm³/mol. The molecule has 0 fully saturated rings. The van der Waals surface area contributed by atoms with E-state index in [0.717, 1.165) is 24.0 Å². The van der Waals surface area contributed by atoms with E-state index in [1.165, 1.54) is 6.42 Å². The Morgan fingerprint density at radius 1 is 1.64 bits per heavy atom. The second-order valence-corrected chi connectivity index (χ2v) is 4.77. The summed E-state index contributed by atoms with van der Waals surface area (Å²) in [6, 6.07) is 2.05. The van der Waals surface area contributed by atoms with Crippen LogP contribution < -0.4 is 5.32 Å². The van der Waals surface area contributed by atoms with E-state index in [2.05, 4.69) is 23.6 Å². The summed E-state index contributed by atoms with van der Waals surface area (Å²) in [5, 5.41) is 8.43. The van der Waals surface area contributed by atoms with Crippen molar-refractivity contribution in [2.75, 3.05) is 12.8 Å². The standard InChI is InChI=1S/C10H19N3S/c1-9(14-3)4-6-11-8-10-5-7-13(2)12-10/h5,7,9,11H,4,6,8H2,1-3H3. The van der Waals surface area contributed by atoms with Crippen LogP contribution in [0.1, 0.15) is 19.0 Å². The topological polar surface area (TPSA) is 29.9 Å². The van der Waals surface area contributed by atoms with Gasteiger partial charge >= 0.3 is 0 Å². The Labute approximate surface area is 90.3 Å². The van der Waals surface area contributed by atoms with Crippen molar-refractivity contribution in [1.82, 2.24) is 15.1 Å². The van der Waals surface area contributed by atoms with Gasteiger partial charge < -0.3 is 5.32 Å². The molecule has 0 amide bonds. The second kappa shape index (κ2) is 6.09. The monoisotopic (exact) mass is 213 g/mol. The fourth-order valence-corrected chi connectivity index (χ4v) is 1.55. The third-order valence-electron chi connectivity index (χ3n) is 2.20. The van der Waals surface area contributed by atoms with Crippen molar-refractivity contribution in [3.63, 3.8) is 0 Å². The minimum Gasteiger partial charge on any atom is -0.311 e. The lowest BCUT2D eigenvalue weighted by Crippen LogP contribution is -2.18. The molecular weight excluding hydrogens is 194 g/mol. The fourth-order valence-electron chi connectivity index (χ4n) is 1.20. The SMILES string of the molecule is CSC(C)CCNCc1ccn(C)n1. The van der Waals surface area contributed by atoms with E-state index >= 15 is 0 Å². The summed E-state index contributed by atoms with van der Waals surface area (Å²) < 4.78 is 1.83. The maximum absolute atomic E-state index is 4.30. The van der Waals surface area contributed by atoms with Gasteiger partial charge in [-0.15, -0.1) is 0 Å². The van der Waals surface area contributed by atoms with Gasteiger partial charge in [-0.05, 0) is 25.3 Å². The van der Waals surface area contributed by atoms with Crippen LogP contribution in [0.2, 0.25) is 0 Å². The Morgan fingerprint density at radius 3 is 3.00 bits per heavy atom. The van der Waals surface area contributed by atoms with Crippen molar-refractivity contribution >= 4 is 11.8 Å². The van der Waals surface area contributed by atoms with Crippen LogP contribution >= 0.6 is 11.8 Å². The molecular formula is C10H19N3S. The molecule has 1 heterocycles. The maximum Gasteiger partial charge on any atom is 0.0762 e. The van der Waals surface area contributed by atoms with Crippen LogP contribution in [0.25, 0.3) is 0 Å². The van der Waals surface area contributed by atoms with Crippen LogP contribution in [-0.4, -0.2) is 27.8 Å². The number of nitrogens with zero attached hydrogens (tertiary/aromatic N) is 2. The molecule has 0 aliphatic carbocycles. The van der Waals surface area contributed by atoms with Gasteiger partial charge in [0.1, 0.15) is 0 Å². The molecule has 0 saturated carbocycles. The minimum absolute atomic E-state index is 0.742. The van der Waals surface area contributed by atoms with Crippen LogP contribution in [0.4, 0.5) is 0 Å². The van der Waals surface area contributed by atoms with Crippen molar-refractivity contribution in [2.24, 2.45) is 7.05 Å². The molecule has 4 heteroatoms. The second-order valence-electron chi connectivity index (χ2n) is 3.49. The van der Waals surface area contributed by atoms with Crippen LogP contribution in [0.3, 0.4) is 0 Å². The molecule has 0 aliphatic rings. The molecule has 80 valence electrons. The Morgan fingerprint density at radius 2 is 2.43 bits per heavy atom. The van der Waals surface area contributed by atoms with Crippen LogP contribution in [0.5, 0.6) is 0 Å². The first-order chi connectivity index (χ1) is 6.72. The van der Waals surface area contributed by atoms with E-state index < -0.39 is 0 Å². The third kappa shape index (κ3) is 4.15. The van der Waals surface area contributed by atoms with Gasteiger partial charge in [0.05, 0.1) is 5.69 Å². The van der Waals surface area contributed by atoms with Crippen molar-refractivity contribution in [1.29, 1.82) is 0 Å². The maximum atomic E-state index is 4.30. The average Bonchev–Trinajstić information content (AvgIpc) is 2.58. The average molecular weight is 213 g/mol. The Kier molecular flexibility index (Phi) is 5.04. The summed E-state index contributed by atoms with van der Waals surface area (Å²) in [4.78, 5) is 0. The van der Waals surface area contributed by atoms with Gasteiger partial charge in [-0.2, -0.15) is 16.9 Å². The van der Waals surface area contributed by atoms with Crippen molar-refractivity contribution in [3.05, 3.63) is 18.0 Å². The number of aryl methyl sites for hydroxylation is 1. The van der Waals surface area contributed by atoms with E-state index in [1.807, 2.05) is 35.8 Å². The molecule has 1 aromatic rings. The highest BCUT2D eigenvalue weighted by Crippen LogP contribution is 2.07.